The van der Waals surface area contributed by atoms with Gasteiger partial charge in [0, 0.05) is 34.8 Å². The van der Waals surface area contributed by atoms with Gasteiger partial charge < -0.3 is 14.5 Å². The Balaban J connectivity index is 1.79. The van der Waals surface area contributed by atoms with E-state index in [2.05, 4.69) is 34.1 Å². The Kier molecular flexibility index (Phi) is 4.85. The summed E-state index contributed by atoms with van der Waals surface area (Å²) >= 11 is 0. The molecule has 136 valence electrons. The number of likely N-dealkylation sites (tertiary alicyclic amines) is 1. The monoisotopic (exact) mass is 350 g/mol. The number of ether oxygens (including phenoxy) is 2. The predicted octanol–water partition coefficient (Wildman–Crippen LogP) is 4.84. The van der Waals surface area contributed by atoms with Crippen LogP contribution in [-0.4, -0.2) is 37.2 Å². The normalized spacial score (nSPS) is 15.3. The molecule has 0 bridgehead atoms. The number of methoxy groups -OCH3 is 2. The molecule has 4 nitrogen and oxygen atoms in total. The molecule has 1 aromatic heterocycles. The minimum absolute atomic E-state index is 0.879. The molecular formula is C22H26N2O2. The summed E-state index contributed by atoms with van der Waals surface area (Å²) < 4.78 is 10.7. The molecule has 26 heavy (non-hydrogen) atoms. The second-order valence-corrected chi connectivity index (χ2v) is 6.96. The summed E-state index contributed by atoms with van der Waals surface area (Å²) in [5.74, 6) is 1.76. The standard InChI is InChI=1S/C22H26N2O2/c1-25-17-8-6-16(7-9-17)22-19-11-10-18(26-2)14-20(19)23-21(22)15-24-12-4-3-5-13-24/h6-11,14,23H,3-5,12-13,15H2,1-2H3. The molecule has 2 heterocycles. The molecule has 1 N–H and O–H groups in total. The third-order valence-electron chi connectivity index (χ3n) is 5.29. The van der Waals surface area contributed by atoms with Gasteiger partial charge in [-0.05, 0) is 55.8 Å². The summed E-state index contributed by atoms with van der Waals surface area (Å²) in [7, 11) is 3.41. The lowest BCUT2D eigenvalue weighted by molar-refractivity contribution is 0.219. The number of benzene rings is 2. The first kappa shape index (κ1) is 17.0. The van der Waals surface area contributed by atoms with E-state index in [4.69, 9.17) is 9.47 Å². The van der Waals surface area contributed by atoms with Crippen LogP contribution in [0.25, 0.3) is 22.0 Å². The van der Waals surface area contributed by atoms with Crippen molar-refractivity contribution < 1.29 is 9.47 Å². The van der Waals surface area contributed by atoms with Crippen LogP contribution < -0.4 is 9.47 Å². The zero-order chi connectivity index (χ0) is 17.9. The molecule has 4 rings (SSSR count). The van der Waals surface area contributed by atoms with Gasteiger partial charge in [0.15, 0.2) is 0 Å². The quantitative estimate of drug-likeness (QED) is 0.715. The number of nitrogens with one attached hydrogen (secondary N) is 1. The van der Waals surface area contributed by atoms with E-state index in [0.717, 1.165) is 23.6 Å². The van der Waals surface area contributed by atoms with Crippen molar-refractivity contribution in [3.63, 3.8) is 0 Å². The fourth-order valence-corrected chi connectivity index (χ4v) is 3.91. The Bertz CT molecular complexity index is 877. The molecule has 1 aliphatic heterocycles. The summed E-state index contributed by atoms with van der Waals surface area (Å²) in [5.41, 5.74) is 4.91. The smallest absolute Gasteiger partial charge is 0.120 e. The van der Waals surface area contributed by atoms with Gasteiger partial charge >= 0.3 is 0 Å². The van der Waals surface area contributed by atoms with Crippen LogP contribution in [0, 0.1) is 0 Å². The van der Waals surface area contributed by atoms with E-state index in [9.17, 15) is 0 Å². The Hall–Kier alpha value is -2.46. The molecule has 1 fully saturated rings. The van der Waals surface area contributed by atoms with Gasteiger partial charge in [0.05, 0.1) is 14.2 Å². The van der Waals surface area contributed by atoms with Crippen LogP contribution in [0.1, 0.15) is 25.0 Å². The van der Waals surface area contributed by atoms with E-state index in [1.54, 1.807) is 14.2 Å². The topological polar surface area (TPSA) is 37.5 Å². The van der Waals surface area contributed by atoms with Crippen LogP contribution in [0.3, 0.4) is 0 Å². The molecule has 0 unspecified atom stereocenters. The first-order chi connectivity index (χ1) is 12.8. The molecule has 0 amide bonds. The van der Waals surface area contributed by atoms with Crippen LogP contribution in [0.4, 0.5) is 0 Å². The van der Waals surface area contributed by atoms with Crippen molar-refractivity contribution in [1.29, 1.82) is 0 Å². The van der Waals surface area contributed by atoms with Crippen molar-refractivity contribution in [3.8, 4) is 22.6 Å². The predicted molar refractivity (Wildman–Crippen MR) is 106 cm³/mol. The number of piperidine rings is 1. The maximum Gasteiger partial charge on any atom is 0.120 e. The van der Waals surface area contributed by atoms with Crippen molar-refractivity contribution >= 4 is 10.9 Å². The molecule has 0 atom stereocenters. The molecular weight excluding hydrogens is 324 g/mol. The van der Waals surface area contributed by atoms with Crippen LogP contribution in [0.2, 0.25) is 0 Å². The van der Waals surface area contributed by atoms with Crippen molar-refractivity contribution in [2.45, 2.75) is 25.8 Å². The fourth-order valence-electron chi connectivity index (χ4n) is 3.91. The van der Waals surface area contributed by atoms with Gasteiger partial charge in [-0.1, -0.05) is 18.6 Å². The minimum atomic E-state index is 0.879. The van der Waals surface area contributed by atoms with E-state index >= 15 is 0 Å². The molecule has 1 aliphatic rings. The number of rotatable bonds is 5. The highest BCUT2D eigenvalue weighted by Gasteiger charge is 2.18. The highest BCUT2D eigenvalue weighted by atomic mass is 16.5. The zero-order valence-corrected chi connectivity index (χ0v) is 15.5. The number of hydrogen-bond acceptors (Lipinski definition) is 3. The number of nitrogens with zero attached hydrogens (tertiary/aromatic N) is 1. The molecule has 0 aliphatic carbocycles. The Morgan fingerprint density at radius 3 is 2.27 bits per heavy atom. The van der Waals surface area contributed by atoms with Gasteiger partial charge in [-0.2, -0.15) is 0 Å². The van der Waals surface area contributed by atoms with Crippen LogP contribution in [-0.2, 0) is 6.54 Å². The fraction of sp³-hybridized carbons (Fsp3) is 0.364. The van der Waals surface area contributed by atoms with E-state index in [1.807, 2.05) is 18.2 Å². The second kappa shape index (κ2) is 7.42. The van der Waals surface area contributed by atoms with Gasteiger partial charge in [-0.25, -0.2) is 0 Å². The molecule has 0 saturated carbocycles. The van der Waals surface area contributed by atoms with Crippen LogP contribution in [0.5, 0.6) is 11.5 Å². The minimum Gasteiger partial charge on any atom is -0.497 e. The first-order valence-corrected chi connectivity index (χ1v) is 9.34. The summed E-state index contributed by atoms with van der Waals surface area (Å²) in [6.07, 6.45) is 3.95. The summed E-state index contributed by atoms with van der Waals surface area (Å²) in [6, 6.07) is 14.6. The summed E-state index contributed by atoms with van der Waals surface area (Å²) in [4.78, 5) is 6.21. The van der Waals surface area contributed by atoms with Crippen molar-refractivity contribution in [3.05, 3.63) is 48.2 Å². The largest absolute Gasteiger partial charge is 0.497 e. The Morgan fingerprint density at radius 2 is 1.58 bits per heavy atom. The van der Waals surface area contributed by atoms with Gasteiger partial charge in [0.2, 0.25) is 0 Å². The third-order valence-corrected chi connectivity index (χ3v) is 5.29. The molecule has 1 saturated heterocycles. The maximum absolute atomic E-state index is 5.41. The Morgan fingerprint density at radius 1 is 0.885 bits per heavy atom. The van der Waals surface area contributed by atoms with Crippen molar-refractivity contribution in [2.24, 2.45) is 0 Å². The Labute approximate surface area is 154 Å². The number of H-pyrrole nitrogens is 1. The van der Waals surface area contributed by atoms with Gasteiger partial charge in [-0.15, -0.1) is 0 Å². The maximum atomic E-state index is 5.41. The second-order valence-electron chi connectivity index (χ2n) is 6.96. The number of hydrogen-bond donors (Lipinski definition) is 1. The highest BCUT2D eigenvalue weighted by Crippen LogP contribution is 2.36. The van der Waals surface area contributed by atoms with Gasteiger partial charge in [-0.3, -0.25) is 4.90 Å². The van der Waals surface area contributed by atoms with E-state index in [1.165, 1.54) is 54.6 Å². The van der Waals surface area contributed by atoms with E-state index in [-0.39, 0.29) is 0 Å². The molecule has 4 heteroatoms. The van der Waals surface area contributed by atoms with Gasteiger partial charge in [0.1, 0.15) is 11.5 Å². The van der Waals surface area contributed by atoms with E-state index < -0.39 is 0 Å². The lowest BCUT2D eigenvalue weighted by Gasteiger charge is -2.26. The first-order valence-electron chi connectivity index (χ1n) is 9.34. The van der Waals surface area contributed by atoms with Crippen LogP contribution in [0.15, 0.2) is 42.5 Å². The number of fused-ring (bicyclic) bond motifs is 1. The highest BCUT2D eigenvalue weighted by molar-refractivity contribution is 5.98. The number of aromatic nitrogens is 1. The molecule has 0 spiro atoms. The van der Waals surface area contributed by atoms with Crippen molar-refractivity contribution in [1.82, 2.24) is 9.88 Å². The lowest BCUT2D eigenvalue weighted by atomic mass is 10.0. The van der Waals surface area contributed by atoms with Crippen LogP contribution >= 0.6 is 0 Å². The molecule has 2 aromatic carbocycles. The summed E-state index contributed by atoms with van der Waals surface area (Å²) in [5, 5.41) is 1.24. The zero-order valence-electron chi connectivity index (χ0n) is 15.5. The number of aromatic amines is 1. The average Bonchev–Trinajstić information content (AvgIpc) is 3.05. The molecule has 0 radical (unpaired) electrons. The van der Waals surface area contributed by atoms with E-state index in [0.29, 0.717) is 0 Å². The SMILES string of the molecule is COc1ccc(-c2c(CN3CCCCC3)[nH]c3cc(OC)ccc23)cc1. The lowest BCUT2D eigenvalue weighted by Crippen LogP contribution is -2.29. The van der Waals surface area contributed by atoms with Crippen molar-refractivity contribution in [2.75, 3.05) is 27.3 Å². The summed E-state index contributed by atoms with van der Waals surface area (Å²) in [6.45, 7) is 3.32. The van der Waals surface area contributed by atoms with Gasteiger partial charge in [0.25, 0.3) is 0 Å². The third kappa shape index (κ3) is 3.29. The molecule has 3 aromatic rings. The average molecular weight is 350 g/mol.